The van der Waals surface area contributed by atoms with Crippen LogP contribution in [-0.2, 0) is 10.0 Å². The molecule has 6 heteroatoms. The standard InChI is InChI=1S/C11H15ClN2O2S/c12-10-6-7-13-8-11(10)14-17(15,16)9-4-2-1-3-5-9/h6-9,14H,1-5H2. The molecule has 4 nitrogen and oxygen atoms in total. The first-order valence-corrected chi connectivity index (χ1v) is 7.63. The summed E-state index contributed by atoms with van der Waals surface area (Å²) in [5.74, 6) is 0. The number of nitrogens with zero attached hydrogens (tertiary/aromatic N) is 1. The van der Waals surface area contributed by atoms with Gasteiger partial charge in [0.2, 0.25) is 10.0 Å². The van der Waals surface area contributed by atoms with Gasteiger partial charge in [0.25, 0.3) is 0 Å². The Morgan fingerprint density at radius 2 is 2.00 bits per heavy atom. The molecule has 0 unspecified atom stereocenters. The highest BCUT2D eigenvalue weighted by molar-refractivity contribution is 7.93. The molecule has 17 heavy (non-hydrogen) atoms. The predicted octanol–water partition coefficient (Wildman–Crippen LogP) is 2.81. The van der Waals surface area contributed by atoms with Crippen LogP contribution in [0.2, 0.25) is 5.02 Å². The molecule has 1 N–H and O–H groups in total. The van der Waals surface area contributed by atoms with Crippen molar-refractivity contribution in [1.29, 1.82) is 0 Å². The molecular weight excluding hydrogens is 260 g/mol. The minimum Gasteiger partial charge on any atom is -0.280 e. The molecule has 0 aromatic carbocycles. The van der Waals surface area contributed by atoms with Gasteiger partial charge in [0.05, 0.1) is 22.2 Å². The molecule has 0 bridgehead atoms. The normalized spacial score (nSPS) is 17.9. The molecule has 1 aliphatic carbocycles. The molecule has 1 saturated carbocycles. The van der Waals surface area contributed by atoms with Crippen LogP contribution in [0, 0.1) is 0 Å². The molecule has 0 aliphatic heterocycles. The lowest BCUT2D eigenvalue weighted by Gasteiger charge is -2.22. The Morgan fingerprint density at radius 3 is 2.65 bits per heavy atom. The molecule has 1 fully saturated rings. The number of sulfonamides is 1. The quantitative estimate of drug-likeness (QED) is 0.922. The molecule has 0 spiro atoms. The van der Waals surface area contributed by atoms with E-state index in [-0.39, 0.29) is 5.25 Å². The highest BCUT2D eigenvalue weighted by Gasteiger charge is 2.27. The van der Waals surface area contributed by atoms with E-state index < -0.39 is 10.0 Å². The molecule has 0 saturated heterocycles. The van der Waals surface area contributed by atoms with Crippen molar-refractivity contribution >= 4 is 27.3 Å². The van der Waals surface area contributed by atoms with Crippen LogP contribution in [0.1, 0.15) is 32.1 Å². The molecule has 2 rings (SSSR count). The molecule has 1 aromatic heterocycles. The van der Waals surface area contributed by atoms with Gasteiger partial charge in [-0.3, -0.25) is 9.71 Å². The largest absolute Gasteiger partial charge is 0.280 e. The van der Waals surface area contributed by atoms with Gasteiger partial charge in [0.1, 0.15) is 0 Å². The SMILES string of the molecule is O=S(=O)(Nc1cnccc1Cl)C1CCCCC1. The Bertz CT molecular complexity index is 484. The van der Waals surface area contributed by atoms with E-state index in [0.29, 0.717) is 10.7 Å². The maximum absolute atomic E-state index is 12.1. The van der Waals surface area contributed by atoms with Crippen molar-refractivity contribution in [3.05, 3.63) is 23.5 Å². The van der Waals surface area contributed by atoms with E-state index in [9.17, 15) is 8.42 Å². The Kier molecular flexibility index (Phi) is 3.89. The average Bonchev–Trinajstić information content (AvgIpc) is 2.33. The zero-order valence-electron chi connectivity index (χ0n) is 9.39. The van der Waals surface area contributed by atoms with Crippen LogP contribution in [-0.4, -0.2) is 18.7 Å². The lowest BCUT2D eigenvalue weighted by atomic mass is 10.0. The van der Waals surface area contributed by atoms with Gasteiger partial charge in [0.15, 0.2) is 0 Å². The fourth-order valence-electron chi connectivity index (χ4n) is 2.06. The topological polar surface area (TPSA) is 59.1 Å². The molecule has 1 aromatic rings. The van der Waals surface area contributed by atoms with Crippen LogP contribution in [0.5, 0.6) is 0 Å². The Morgan fingerprint density at radius 1 is 1.29 bits per heavy atom. The van der Waals surface area contributed by atoms with E-state index >= 15 is 0 Å². The van der Waals surface area contributed by atoms with Crippen molar-refractivity contribution in [1.82, 2.24) is 4.98 Å². The summed E-state index contributed by atoms with van der Waals surface area (Å²) in [6.07, 6.45) is 7.50. The Labute approximate surface area is 106 Å². The predicted molar refractivity (Wildman–Crippen MR) is 68.7 cm³/mol. The number of pyridine rings is 1. The van der Waals surface area contributed by atoms with Gasteiger partial charge in [-0.25, -0.2) is 8.42 Å². The summed E-state index contributed by atoms with van der Waals surface area (Å²) in [7, 11) is -3.33. The first-order chi connectivity index (χ1) is 8.09. The lowest BCUT2D eigenvalue weighted by Crippen LogP contribution is -2.29. The van der Waals surface area contributed by atoms with Gasteiger partial charge >= 0.3 is 0 Å². The molecule has 1 heterocycles. The third-order valence-corrected chi connectivity index (χ3v) is 5.19. The maximum Gasteiger partial charge on any atom is 0.235 e. The molecular formula is C11H15ClN2O2S. The summed E-state index contributed by atoms with van der Waals surface area (Å²) in [5.41, 5.74) is 0.361. The minimum absolute atomic E-state index is 0.299. The van der Waals surface area contributed by atoms with Gasteiger partial charge < -0.3 is 0 Å². The highest BCUT2D eigenvalue weighted by atomic mass is 35.5. The monoisotopic (exact) mass is 274 g/mol. The van der Waals surface area contributed by atoms with Gasteiger partial charge in [0, 0.05) is 6.20 Å². The Balaban J connectivity index is 2.14. The number of hydrogen-bond donors (Lipinski definition) is 1. The fourth-order valence-corrected chi connectivity index (χ4v) is 3.86. The molecule has 94 valence electrons. The molecule has 1 aliphatic rings. The van der Waals surface area contributed by atoms with Crippen molar-refractivity contribution in [2.24, 2.45) is 0 Å². The van der Waals surface area contributed by atoms with Crippen molar-refractivity contribution < 1.29 is 8.42 Å². The van der Waals surface area contributed by atoms with E-state index in [1.165, 1.54) is 12.4 Å². The summed E-state index contributed by atoms with van der Waals surface area (Å²) < 4.78 is 26.8. The van der Waals surface area contributed by atoms with Crippen LogP contribution in [0.4, 0.5) is 5.69 Å². The zero-order valence-corrected chi connectivity index (χ0v) is 11.0. The fraction of sp³-hybridized carbons (Fsp3) is 0.545. The van der Waals surface area contributed by atoms with Crippen LogP contribution in [0.3, 0.4) is 0 Å². The van der Waals surface area contributed by atoms with E-state index in [0.717, 1.165) is 32.1 Å². The summed E-state index contributed by atoms with van der Waals surface area (Å²) in [6.45, 7) is 0. The summed E-state index contributed by atoms with van der Waals surface area (Å²) in [4.78, 5) is 3.86. The van der Waals surface area contributed by atoms with E-state index in [2.05, 4.69) is 9.71 Å². The smallest absolute Gasteiger partial charge is 0.235 e. The third-order valence-electron chi connectivity index (χ3n) is 3.01. The highest BCUT2D eigenvalue weighted by Crippen LogP contribution is 2.27. The Hall–Kier alpha value is -0.810. The van der Waals surface area contributed by atoms with Gasteiger partial charge in [-0.1, -0.05) is 30.9 Å². The molecule has 0 radical (unpaired) electrons. The van der Waals surface area contributed by atoms with Crippen molar-refractivity contribution in [3.63, 3.8) is 0 Å². The average molecular weight is 275 g/mol. The number of nitrogens with one attached hydrogen (secondary N) is 1. The number of halogens is 1. The van der Waals surface area contributed by atoms with Crippen LogP contribution in [0.25, 0.3) is 0 Å². The minimum atomic E-state index is -3.33. The van der Waals surface area contributed by atoms with E-state index in [1.807, 2.05) is 0 Å². The number of rotatable bonds is 3. The number of aromatic nitrogens is 1. The summed E-state index contributed by atoms with van der Waals surface area (Å²) >= 11 is 5.90. The zero-order chi connectivity index (χ0) is 12.3. The lowest BCUT2D eigenvalue weighted by molar-refractivity contribution is 0.486. The molecule has 0 atom stereocenters. The summed E-state index contributed by atoms with van der Waals surface area (Å²) in [6, 6.07) is 1.57. The second-order valence-electron chi connectivity index (χ2n) is 4.26. The number of anilines is 1. The van der Waals surface area contributed by atoms with E-state index in [4.69, 9.17) is 11.6 Å². The first-order valence-electron chi connectivity index (χ1n) is 5.71. The summed E-state index contributed by atoms with van der Waals surface area (Å²) in [5, 5.41) is 0.0758. The third kappa shape index (κ3) is 3.10. The number of hydrogen-bond acceptors (Lipinski definition) is 3. The van der Waals surface area contributed by atoms with Crippen molar-refractivity contribution in [2.45, 2.75) is 37.4 Å². The molecule has 0 amide bonds. The second kappa shape index (κ2) is 5.23. The van der Waals surface area contributed by atoms with Crippen LogP contribution < -0.4 is 4.72 Å². The van der Waals surface area contributed by atoms with Crippen LogP contribution >= 0.6 is 11.6 Å². The van der Waals surface area contributed by atoms with Crippen LogP contribution in [0.15, 0.2) is 18.5 Å². The van der Waals surface area contributed by atoms with Crippen molar-refractivity contribution in [2.75, 3.05) is 4.72 Å². The maximum atomic E-state index is 12.1. The first kappa shape index (κ1) is 12.6. The van der Waals surface area contributed by atoms with Gasteiger partial charge in [-0.05, 0) is 18.9 Å². The van der Waals surface area contributed by atoms with Gasteiger partial charge in [-0.2, -0.15) is 0 Å². The van der Waals surface area contributed by atoms with Gasteiger partial charge in [-0.15, -0.1) is 0 Å². The second-order valence-corrected chi connectivity index (χ2v) is 6.63. The van der Waals surface area contributed by atoms with Crippen molar-refractivity contribution in [3.8, 4) is 0 Å². The van der Waals surface area contributed by atoms with E-state index in [1.54, 1.807) is 6.07 Å².